The van der Waals surface area contributed by atoms with Crippen LogP contribution in [0.5, 0.6) is 11.5 Å². The van der Waals surface area contributed by atoms with Crippen molar-refractivity contribution in [1.82, 2.24) is 10.3 Å². The van der Waals surface area contributed by atoms with Gasteiger partial charge in [0.25, 0.3) is 0 Å². The molecule has 138 valence electrons. The molecule has 0 bridgehead atoms. The largest absolute Gasteiger partial charge is 0.454 e. The van der Waals surface area contributed by atoms with Gasteiger partial charge in [-0.15, -0.1) is 0 Å². The average molecular weight is 376 g/mol. The third-order valence-electron chi connectivity index (χ3n) is 4.07. The van der Waals surface area contributed by atoms with Gasteiger partial charge in [-0.05, 0) is 30.2 Å². The fourth-order valence-electron chi connectivity index (χ4n) is 2.71. The molecule has 2 heterocycles. The Bertz CT molecular complexity index is 884. The lowest BCUT2D eigenvalue weighted by Crippen LogP contribution is -2.31. The van der Waals surface area contributed by atoms with Crippen LogP contribution < -0.4 is 14.8 Å². The maximum Gasteiger partial charge on any atom is 0.231 e. The molecule has 0 spiro atoms. The minimum Gasteiger partial charge on any atom is -0.454 e. The number of aromatic nitrogens is 1. The maximum absolute atomic E-state index is 13.2. The van der Waals surface area contributed by atoms with Crippen molar-refractivity contribution in [3.63, 3.8) is 0 Å². The van der Waals surface area contributed by atoms with Gasteiger partial charge in [0.15, 0.2) is 21.3 Å². The molecule has 3 rings (SSSR count). The van der Waals surface area contributed by atoms with Crippen molar-refractivity contribution in [3.8, 4) is 11.5 Å². The molecule has 1 atom stereocenters. The van der Waals surface area contributed by atoms with Gasteiger partial charge >= 0.3 is 0 Å². The van der Waals surface area contributed by atoms with E-state index in [9.17, 15) is 13.2 Å². The van der Waals surface area contributed by atoms with Crippen molar-refractivity contribution in [2.24, 2.45) is 0 Å². The Hall–Kier alpha value is -2.61. The van der Waals surface area contributed by atoms with E-state index in [1.165, 1.54) is 18.3 Å². The van der Waals surface area contributed by atoms with Crippen molar-refractivity contribution < 1.29 is 22.7 Å². The third kappa shape index (κ3) is 3.80. The lowest BCUT2D eigenvalue weighted by atomic mass is 10.2. The number of hydrogen-bond acceptors (Lipinski definition) is 6. The maximum atomic E-state index is 13.2. The SMILES string of the molecule is CCCC(=O)NC[C@@H](c1cccnc1)S(=O)(=O)c1ccc2c(c1)OCO2. The summed E-state index contributed by atoms with van der Waals surface area (Å²) in [6.45, 7) is 1.93. The molecule has 8 heteroatoms. The van der Waals surface area contributed by atoms with E-state index < -0.39 is 15.1 Å². The Kier molecular flexibility index (Phi) is 5.41. The van der Waals surface area contributed by atoms with Crippen molar-refractivity contribution >= 4 is 15.7 Å². The van der Waals surface area contributed by atoms with Crippen LogP contribution in [-0.2, 0) is 14.6 Å². The molecule has 1 aliphatic rings. The van der Waals surface area contributed by atoms with E-state index in [0.717, 1.165) is 0 Å². The van der Waals surface area contributed by atoms with Gasteiger partial charge in [0, 0.05) is 31.4 Å². The molecule has 0 radical (unpaired) electrons. The van der Waals surface area contributed by atoms with E-state index in [1.807, 2.05) is 6.92 Å². The first-order chi connectivity index (χ1) is 12.5. The van der Waals surface area contributed by atoms with Crippen LogP contribution in [0.25, 0.3) is 0 Å². The van der Waals surface area contributed by atoms with Gasteiger partial charge in [-0.3, -0.25) is 9.78 Å². The standard InChI is InChI=1S/C18H20N2O5S/c1-2-4-18(21)20-11-17(13-5-3-8-19-10-13)26(22,23)14-6-7-15-16(9-14)25-12-24-15/h3,5-10,17H,2,4,11-12H2,1H3,(H,20,21)/t17-/m0/s1. The van der Waals surface area contributed by atoms with E-state index in [0.29, 0.717) is 29.9 Å². The molecule has 1 aromatic heterocycles. The van der Waals surface area contributed by atoms with E-state index >= 15 is 0 Å². The lowest BCUT2D eigenvalue weighted by Gasteiger charge is -2.19. The van der Waals surface area contributed by atoms with Gasteiger partial charge in [0.05, 0.1) is 4.90 Å². The number of hydrogen-bond donors (Lipinski definition) is 1. The second-order valence-corrected chi connectivity index (χ2v) is 8.02. The van der Waals surface area contributed by atoms with Crippen LogP contribution in [-0.4, -0.2) is 32.6 Å². The summed E-state index contributed by atoms with van der Waals surface area (Å²) in [7, 11) is -3.78. The van der Waals surface area contributed by atoms with Gasteiger partial charge in [0.1, 0.15) is 5.25 Å². The molecule has 26 heavy (non-hydrogen) atoms. The highest BCUT2D eigenvalue weighted by atomic mass is 32.2. The number of carbonyl (C=O) groups excluding carboxylic acids is 1. The highest BCUT2D eigenvalue weighted by molar-refractivity contribution is 7.91. The Morgan fingerprint density at radius 2 is 2.08 bits per heavy atom. The molecule has 0 aliphatic carbocycles. The molecule has 2 aromatic rings. The Labute approximate surface area is 152 Å². The minimum atomic E-state index is -3.78. The van der Waals surface area contributed by atoms with Crippen molar-refractivity contribution in [3.05, 3.63) is 48.3 Å². The Morgan fingerprint density at radius 3 is 2.81 bits per heavy atom. The number of ether oxygens (including phenoxy) is 2. The number of nitrogens with one attached hydrogen (secondary N) is 1. The van der Waals surface area contributed by atoms with Crippen LogP contribution >= 0.6 is 0 Å². The molecule has 7 nitrogen and oxygen atoms in total. The molecular weight excluding hydrogens is 356 g/mol. The van der Waals surface area contributed by atoms with Gasteiger partial charge in [0.2, 0.25) is 12.7 Å². The third-order valence-corrected chi connectivity index (χ3v) is 6.16. The molecule has 0 saturated heterocycles. The first-order valence-electron chi connectivity index (χ1n) is 8.32. The molecule has 1 amide bonds. The number of fused-ring (bicyclic) bond motifs is 1. The minimum absolute atomic E-state index is 0.0265. The van der Waals surface area contributed by atoms with E-state index in [4.69, 9.17) is 9.47 Å². The fourth-order valence-corrected chi connectivity index (χ4v) is 4.37. The van der Waals surface area contributed by atoms with Crippen molar-refractivity contribution in [1.29, 1.82) is 0 Å². The van der Waals surface area contributed by atoms with E-state index in [-0.39, 0.29) is 24.1 Å². The van der Waals surface area contributed by atoms with E-state index in [2.05, 4.69) is 10.3 Å². The number of sulfone groups is 1. The lowest BCUT2D eigenvalue weighted by molar-refractivity contribution is -0.121. The zero-order chi connectivity index (χ0) is 18.6. The number of carbonyl (C=O) groups is 1. The van der Waals surface area contributed by atoms with Gasteiger partial charge in [-0.25, -0.2) is 8.42 Å². The highest BCUT2D eigenvalue weighted by Gasteiger charge is 2.31. The Balaban J connectivity index is 1.93. The fraction of sp³-hybridized carbons (Fsp3) is 0.333. The molecule has 1 aromatic carbocycles. The van der Waals surface area contributed by atoms with Gasteiger partial charge in [-0.1, -0.05) is 13.0 Å². The molecular formula is C18H20N2O5S. The average Bonchev–Trinajstić information content (AvgIpc) is 3.10. The zero-order valence-electron chi connectivity index (χ0n) is 14.3. The molecule has 0 unspecified atom stereocenters. The second-order valence-electron chi connectivity index (χ2n) is 5.89. The molecule has 1 aliphatic heterocycles. The summed E-state index contributed by atoms with van der Waals surface area (Å²) in [5.41, 5.74) is 0.516. The zero-order valence-corrected chi connectivity index (χ0v) is 15.2. The summed E-state index contributed by atoms with van der Waals surface area (Å²) in [4.78, 5) is 16.0. The topological polar surface area (TPSA) is 94.6 Å². The van der Waals surface area contributed by atoms with Gasteiger partial charge in [-0.2, -0.15) is 0 Å². The number of nitrogens with zero attached hydrogens (tertiary/aromatic N) is 1. The molecule has 1 N–H and O–H groups in total. The Morgan fingerprint density at radius 1 is 1.27 bits per heavy atom. The van der Waals surface area contributed by atoms with E-state index in [1.54, 1.807) is 24.4 Å². The highest BCUT2D eigenvalue weighted by Crippen LogP contribution is 2.37. The normalized spacial score (nSPS) is 14.0. The summed E-state index contributed by atoms with van der Waals surface area (Å²) < 4.78 is 37.0. The quantitative estimate of drug-likeness (QED) is 0.796. The predicted octanol–water partition coefficient (Wildman–Crippen LogP) is 2.24. The predicted molar refractivity (Wildman–Crippen MR) is 94.6 cm³/mol. The summed E-state index contributed by atoms with van der Waals surface area (Å²) in [6, 6.07) is 7.87. The van der Waals surface area contributed by atoms with Crippen LogP contribution in [0.15, 0.2) is 47.6 Å². The number of benzene rings is 1. The van der Waals surface area contributed by atoms with Crippen molar-refractivity contribution in [2.45, 2.75) is 29.9 Å². The first-order valence-corrected chi connectivity index (χ1v) is 9.87. The summed E-state index contributed by atoms with van der Waals surface area (Å²) in [6.07, 6.45) is 4.12. The van der Waals surface area contributed by atoms with Crippen LogP contribution in [0, 0.1) is 0 Å². The second kappa shape index (κ2) is 7.74. The number of amides is 1. The monoisotopic (exact) mass is 376 g/mol. The smallest absolute Gasteiger partial charge is 0.231 e. The number of rotatable bonds is 7. The first kappa shape index (κ1) is 18.2. The van der Waals surface area contributed by atoms with Crippen LogP contribution in [0.2, 0.25) is 0 Å². The van der Waals surface area contributed by atoms with Gasteiger partial charge < -0.3 is 14.8 Å². The van der Waals surface area contributed by atoms with Crippen LogP contribution in [0.4, 0.5) is 0 Å². The molecule has 0 saturated carbocycles. The summed E-state index contributed by atoms with van der Waals surface area (Å²) in [5, 5.41) is 1.76. The molecule has 0 fully saturated rings. The number of pyridine rings is 1. The summed E-state index contributed by atoms with van der Waals surface area (Å²) >= 11 is 0. The van der Waals surface area contributed by atoms with Crippen molar-refractivity contribution in [2.75, 3.05) is 13.3 Å². The summed E-state index contributed by atoms with van der Waals surface area (Å²) in [5.74, 6) is 0.728. The van der Waals surface area contributed by atoms with Crippen LogP contribution in [0.1, 0.15) is 30.6 Å². The van der Waals surface area contributed by atoms with Crippen LogP contribution in [0.3, 0.4) is 0 Å².